The van der Waals surface area contributed by atoms with E-state index in [4.69, 9.17) is 11.6 Å². The van der Waals surface area contributed by atoms with Crippen LogP contribution in [0, 0.1) is 6.92 Å². The SMILES string of the molecule is Cc1cc(=O)[nH]c(=O)n1-c1ccc(Cl)cc1. The molecule has 1 aromatic heterocycles. The van der Waals surface area contributed by atoms with E-state index in [0.717, 1.165) is 0 Å². The summed E-state index contributed by atoms with van der Waals surface area (Å²) in [7, 11) is 0. The number of nitrogens with zero attached hydrogens (tertiary/aromatic N) is 1. The Kier molecular flexibility index (Phi) is 2.66. The fraction of sp³-hybridized carbons (Fsp3) is 0.0909. The van der Waals surface area contributed by atoms with Gasteiger partial charge in [0.1, 0.15) is 0 Å². The summed E-state index contributed by atoms with van der Waals surface area (Å²) >= 11 is 5.76. The molecule has 0 radical (unpaired) electrons. The summed E-state index contributed by atoms with van der Waals surface area (Å²) in [6.45, 7) is 1.70. The third-order valence-corrected chi connectivity index (χ3v) is 2.46. The molecule has 0 aliphatic rings. The van der Waals surface area contributed by atoms with Gasteiger partial charge in [0.25, 0.3) is 5.56 Å². The maximum absolute atomic E-state index is 11.6. The largest absolute Gasteiger partial charge is 0.333 e. The van der Waals surface area contributed by atoms with E-state index in [0.29, 0.717) is 16.4 Å². The van der Waals surface area contributed by atoms with Gasteiger partial charge in [-0.15, -0.1) is 0 Å². The molecule has 0 saturated carbocycles. The summed E-state index contributed by atoms with van der Waals surface area (Å²) in [5, 5.41) is 0.596. The van der Waals surface area contributed by atoms with Crippen molar-refractivity contribution >= 4 is 11.6 Å². The fourth-order valence-electron chi connectivity index (χ4n) is 1.52. The summed E-state index contributed by atoms with van der Waals surface area (Å²) in [5.74, 6) is 0. The lowest BCUT2D eigenvalue weighted by molar-refractivity contribution is 0.856. The van der Waals surface area contributed by atoms with E-state index in [-0.39, 0.29) is 0 Å². The van der Waals surface area contributed by atoms with E-state index in [2.05, 4.69) is 4.98 Å². The first-order valence-electron chi connectivity index (χ1n) is 4.67. The van der Waals surface area contributed by atoms with Crippen LogP contribution < -0.4 is 11.2 Å². The molecule has 1 heterocycles. The number of benzene rings is 1. The molecule has 82 valence electrons. The van der Waals surface area contributed by atoms with Crippen molar-refractivity contribution < 1.29 is 0 Å². The molecule has 0 spiro atoms. The van der Waals surface area contributed by atoms with Crippen LogP contribution in [0.15, 0.2) is 39.9 Å². The molecule has 2 aromatic rings. The lowest BCUT2D eigenvalue weighted by Crippen LogP contribution is -2.29. The van der Waals surface area contributed by atoms with Crippen molar-refractivity contribution in [1.29, 1.82) is 0 Å². The lowest BCUT2D eigenvalue weighted by atomic mass is 10.3. The van der Waals surface area contributed by atoms with Crippen LogP contribution in [0.2, 0.25) is 5.02 Å². The highest BCUT2D eigenvalue weighted by Gasteiger charge is 2.04. The molecule has 0 atom stereocenters. The second kappa shape index (κ2) is 3.98. The molecule has 1 N–H and O–H groups in total. The molecule has 0 unspecified atom stereocenters. The van der Waals surface area contributed by atoms with Crippen molar-refractivity contribution in [3.8, 4) is 5.69 Å². The van der Waals surface area contributed by atoms with Gasteiger partial charge in [0, 0.05) is 16.8 Å². The Balaban J connectivity index is 2.69. The molecular formula is C11H9ClN2O2. The Hall–Kier alpha value is -1.81. The van der Waals surface area contributed by atoms with E-state index < -0.39 is 11.2 Å². The third-order valence-electron chi connectivity index (χ3n) is 2.21. The number of hydrogen-bond acceptors (Lipinski definition) is 2. The zero-order valence-corrected chi connectivity index (χ0v) is 9.28. The number of nitrogens with one attached hydrogen (secondary N) is 1. The van der Waals surface area contributed by atoms with E-state index in [1.807, 2.05) is 0 Å². The van der Waals surface area contributed by atoms with Crippen LogP contribution in [0.5, 0.6) is 0 Å². The number of aromatic amines is 1. The van der Waals surface area contributed by atoms with Gasteiger partial charge >= 0.3 is 5.69 Å². The predicted molar refractivity (Wildman–Crippen MR) is 62.4 cm³/mol. The summed E-state index contributed by atoms with van der Waals surface area (Å²) in [6, 6.07) is 8.18. The van der Waals surface area contributed by atoms with E-state index >= 15 is 0 Å². The minimum absolute atomic E-state index is 0.396. The summed E-state index contributed by atoms with van der Waals surface area (Å²) in [5.41, 5.74) is 0.402. The van der Waals surface area contributed by atoms with Gasteiger partial charge in [0.15, 0.2) is 0 Å². The van der Waals surface area contributed by atoms with Gasteiger partial charge in [0.05, 0.1) is 5.69 Å². The molecule has 0 fully saturated rings. The smallest absolute Gasteiger partial charge is 0.274 e. The molecule has 0 bridgehead atoms. The Morgan fingerprint density at radius 2 is 1.81 bits per heavy atom. The summed E-state index contributed by atoms with van der Waals surface area (Å²) < 4.78 is 1.41. The van der Waals surface area contributed by atoms with Gasteiger partial charge < -0.3 is 0 Å². The van der Waals surface area contributed by atoms with Crippen LogP contribution in [0.25, 0.3) is 5.69 Å². The Bertz CT molecular complexity index is 626. The third kappa shape index (κ3) is 1.92. The number of aryl methyl sites for hydroxylation is 1. The van der Waals surface area contributed by atoms with Crippen molar-refractivity contribution in [2.75, 3.05) is 0 Å². The number of rotatable bonds is 1. The average molecular weight is 237 g/mol. The molecule has 1 aromatic carbocycles. The molecule has 0 aliphatic carbocycles. The number of aromatic nitrogens is 2. The van der Waals surface area contributed by atoms with Crippen LogP contribution in [0.4, 0.5) is 0 Å². The highest BCUT2D eigenvalue weighted by atomic mass is 35.5. The molecule has 16 heavy (non-hydrogen) atoms. The first-order valence-corrected chi connectivity index (χ1v) is 5.04. The van der Waals surface area contributed by atoms with Gasteiger partial charge in [-0.25, -0.2) is 4.79 Å². The predicted octanol–water partition coefficient (Wildman–Crippen LogP) is 1.49. The topological polar surface area (TPSA) is 54.9 Å². The van der Waals surface area contributed by atoms with Crippen molar-refractivity contribution in [2.45, 2.75) is 6.92 Å². The average Bonchev–Trinajstić information content (AvgIpc) is 2.19. The van der Waals surface area contributed by atoms with E-state index in [1.54, 1.807) is 31.2 Å². The van der Waals surface area contributed by atoms with Crippen LogP contribution >= 0.6 is 11.6 Å². The normalized spacial score (nSPS) is 10.4. The molecule has 0 amide bonds. The molecule has 0 aliphatic heterocycles. The molecule has 2 rings (SSSR count). The van der Waals surface area contributed by atoms with Gasteiger partial charge in [-0.1, -0.05) is 11.6 Å². The minimum atomic E-state index is -0.452. The first kappa shape index (κ1) is 10.7. The van der Waals surface area contributed by atoms with Crippen molar-refractivity contribution in [3.63, 3.8) is 0 Å². The zero-order chi connectivity index (χ0) is 11.7. The van der Waals surface area contributed by atoms with Gasteiger partial charge in [-0.2, -0.15) is 0 Å². The van der Waals surface area contributed by atoms with Crippen LogP contribution in [0.3, 0.4) is 0 Å². The zero-order valence-electron chi connectivity index (χ0n) is 8.53. The monoisotopic (exact) mass is 236 g/mol. The van der Waals surface area contributed by atoms with Crippen molar-refractivity contribution in [1.82, 2.24) is 9.55 Å². The summed E-state index contributed by atoms with van der Waals surface area (Å²) in [4.78, 5) is 24.9. The second-order valence-corrected chi connectivity index (χ2v) is 3.83. The molecule has 5 heteroatoms. The Labute approximate surface area is 96.1 Å². The van der Waals surface area contributed by atoms with Gasteiger partial charge in [-0.05, 0) is 31.2 Å². The van der Waals surface area contributed by atoms with Crippen molar-refractivity contribution in [3.05, 3.63) is 61.9 Å². The van der Waals surface area contributed by atoms with Crippen LogP contribution in [-0.2, 0) is 0 Å². The maximum Gasteiger partial charge on any atom is 0.333 e. The van der Waals surface area contributed by atoms with E-state index in [9.17, 15) is 9.59 Å². The van der Waals surface area contributed by atoms with Gasteiger partial charge in [-0.3, -0.25) is 14.3 Å². The minimum Gasteiger partial charge on any atom is -0.274 e. The lowest BCUT2D eigenvalue weighted by Gasteiger charge is -2.08. The molecule has 4 nitrogen and oxygen atoms in total. The summed E-state index contributed by atoms with van der Waals surface area (Å²) in [6.07, 6.45) is 0. The molecular weight excluding hydrogens is 228 g/mol. The number of H-pyrrole nitrogens is 1. The second-order valence-electron chi connectivity index (χ2n) is 3.39. The Morgan fingerprint density at radius 1 is 1.19 bits per heavy atom. The highest BCUT2D eigenvalue weighted by Crippen LogP contribution is 2.12. The van der Waals surface area contributed by atoms with Crippen molar-refractivity contribution in [2.24, 2.45) is 0 Å². The van der Waals surface area contributed by atoms with E-state index in [1.165, 1.54) is 10.6 Å². The van der Waals surface area contributed by atoms with Gasteiger partial charge in [0.2, 0.25) is 0 Å². The first-order chi connectivity index (χ1) is 7.58. The molecule has 0 saturated heterocycles. The Morgan fingerprint density at radius 3 is 2.38 bits per heavy atom. The quantitative estimate of drug-likeness (QED) is 0.816. The van der Waals surface area contributed by atoms with Crippen LogP contribution in [-0.4, -0.2) is 9.55 Å². The number of halogens is 1. The maximum atomic E-state index is 11.6. The fourth-order valence-corrected chi connectivity index (χ4v) is 1.65. The van der Waals surface area contributed by atoms with Crippen LogP contribution in [0.1, 0.15) is 5.69 Å². The number of hydrogen-bond donors (Lipinski definition) is 1. The highest BCUT2D eigenvalue weighted by molar-refractivity contribution is 6.30. The standard InChI is InChI=1S/C11H9ClN2O2/c1-7-6-10(15)13-11(16)14(7)9-4-2-8(12)3-5-9/h2-6H,1H3,(H,13,15,16).